The van der Waals surface area contributed by atoms with Crippen molar-refractivity contribution in [1.29, 1.82) is 0 Å². The molecule has 1 aliphatic rings. The number of carbonyl (C=O) groups excluding carboxylic acids is 1. The maximum atomic E-state index is 12.4. The molecule has 1 aromatic carbocycles. The first-order valence-electron chi connectivity index (χ1n) is 9.83. The van der Waals surface area contributed by atoms with Gasteiger partial charge in [-0.15, -0.1) is 11.3 Å². The standard InChI is InChI=1S/C21H19BrCl2N4O2S2/c1-30-20(29)17-13-4-2-3-5-16(13)32-19(17)26-21(31)25-18-14(22)10-28(27-18)9-11-6-7-12(23)8-15(11)24/h6-8,10H,2-5,9H2,1H3,(H2,25,26,27,31). The summed E-state index contributed by atoms with van der Waals surface area (Å²) in [6.07, 6.45) is 5.87. The Balaban J connectivity index is 1.49. The number of halogens is 3. The van der Waals surface area contributed by atoms with Gasteiger partial charge in [0, 0.05) is 21.1 Å². The SMILES string of the molecule is COC(=O)c1c(NC(=S)Nc2nn(Cc3ccc(Cl)cc3Cl)cc2Br)sc2c1CCCC2. The summed E-state index contributed by atoms with van der Waals surface area (Å²) in [5.74, 6) is 0.202. The molecule has 0 aliphatic heterocycles. The highest BCUT2D eigenvalue weighted by molar-refractivity contribution is 9.10. The van der Waals surface area contributed by atoms with Crippen molar-refractivity contribution in [3.63, 3.8) is 0 Å². The maximum Gasteiger partial charge on any atom is 0.341 e. The Labute approximate surface area is 213 Å². The van der Waals surface area contributed by atoms with E-state index in [2.05, 4.69) is 31.7 Å². The van der Waals surface area contributed by atoms with Crippen LogP contribution in [0.5, 0.6) is 0 Å². The van der Waals surface area contributed by atoms with Gasteiger partial charge in [-0.05, 0) is 77.1 Å². The molecule has 4 rings (SSSR count). The Bertz CT molecular complexity index is 1190. The van der Waals surface area contributed by atoms with Gasteiger partial charge in [0.15, 0.2) is 10.9 Å². The van der Waals surface area contributed by atoms with E-state index in [-0.39, 0.29) is 5.97 Å². The molecular weight excluding hydrogens is 555 g/mol. The van der Waals surface area contributed by atoms with Gasteiger partial charge in [0.1, 0.15) is 5.00 Å². The second-order valence-corrected chi connectivity index (χ2v) is 10.5. The van der Waals surface area contributed by atoms with E-state index in [1.165, 1.54) is 12.0 Å². The third-order valence-electron chi connectivity index (χ3n) is 5.08. The van der Waals surface area contributed by atoms with Crippen molar-refractivity contribution >= 4 is 84.6 Å². The van der Waals surface area contributed by atoms with Gasteiger partial charge in [0.25, 0.3) is 0 Å². The first kappa shape index (κ1) is 23.5. The minimum atomic E-state index is -0.347. The average Bonchev–Trinajstić information content (AvgIpc) is 3.28. The molecule has 0 spiro atoms. The molecular formula is C21H19BrCl2N4O2S2. The monoisotopic (exact) mass is 572 g/mol. The third-order valence-corrected chi connectivity index (χ3v) is 7.66. The van der Waals surface area contributed by atoms with Crippen molar-refractivity contribution in [3.8, 4) is 0 Å². The molecule has 0 bridgehead atoms. The summed E-state index contributed by atoms with van der Waals surface area (Å²) in [5, 5.41) is 13.0. The molecule has 0 fully saturated rings. The second kappa shape index (κ2) is 10.1. The van der Waals surface area contributed by atoms with Crippen LogP contribution in [0.25, 0.3) is 0 Å². The van der Waals surface area contributed by atoms with E-state index >= 15 is 0 Å². The van der Waals surface area contributed by atoms with Gasteiger partial charge in [-0.3, -0.25) is 4.68 Å². The molecule has 1 aliphatic carbocycles. The lowest BCUT2D eigenvalue weighted by atomic mass is 9.95. The highest BCUT2D eigenvalue weighted by Crippen LogP contribution is 2.38. The van der Waals surface area contributed by atoms with Crippen molar-refractivity contribution in [2.75, 3.05) is 17.7 Å². The lowest BCUT2D eigenvalue weighted by molar-refractivity contribution is 0.0601. The number of hydrogen-bond acceptors (Lipinski definition) is 5. The number of thiocarbonyl (C=S) groups is 1. The molecule has 0 saturated heterocycles. The number of thiophene rings is 1. The van der Waals surface area contributed by atoms with Gasteiger partial charge in [0.05, 0.1) is 23.7 Å². The smallest absolute Gasteiger partial charge is 0.341 e. The molecule has 168 valence electrons. The van der Waals surface area contributed by atoms with E-state index in [9.17, 15) is 4.79 Å². The van der Waals surface area contributed by atoms with Gasteiger partial charge in [-0.25, -0.2) is 4.79 Å². The third kappa shape index (κ3) is 5.12. The van der Waals surface area contributed by atoms with Crippen molar-refractivity contribution in [2.45, 2.75) is 32.2 Å². The van der Waals surface area contributed by atoms with Gasteiger partial charge >= 0.3 is 5.97 Å². The van der Waals surface area contributed by atoms with Crippen molar-refractivity contribution in [2.24, 2.45) is 0 Å². The zero-order valence-electron chi connectivity index (χ0n) is 17.0. The highest BCUT2D eigenvalue weighted by Gasteiger charge is 2.26. The summed E-state index contributed by atoms with van der Waals surface area (Å²) in [6.45, 7) is 0.473. The number of carbonyl (C=O) groups is 1. The predicted octanol–water partition coefficient (Wildman–Crippen LogP) is 6.54. The number of ether oxygens (including phenoxy) is 1. The zero-order valence-corrected chi connectivity index (χ0v) is 21.7. The van der Waals surface area contributed by atoms with Crippen LogP contribution in [0.4, 0.5) is 10.8 Å². The van der Waals surface area contributed by atoms with E-state index in [0.717, 1.165) is 41.3 Å². The molecule has 0 saturated carbocycles. The van der Waals surface area contributed by atoms with Crippen LogP contribution in [0.1, 0.15) is 39.2 Å². The summed E-state index contributed by atoms with van der Waals surface area (Å²) in [7, 11) is 1.40. The lowest BCUT2D eigenvalue weighted by Gasteiger charge is -2.12. The number of benzene rings is 1. The number of rotatable bonds is 5. The van der Waals surface area contributed by atoms with Crippen molar-refractivity contribution in [3.05, 3.63) is 60.5 Å². The molecule has 0 amide bonds. The zero-order chi connectivity index (χ0) is 22.8. The van der Waals surface area contributed by atoms with Crippen LogP contribution in [0, 0.1) is 0 Å². The normalized spacial score (nSPS) is 12.9. The quantitative estimate of drug-likeness (QED) is 0.267. The number of hydrogen-bond donors (Lipinski definition) is 2. The average molecular weight is 574 g/mol. The van der Waals surface area contributed by atoms with Crippen LogP contribution in [0.15, 0.2) is 28.9 Å². The number of methoxy groups -OCH3 is 1. The second-order valence-electron chi connectivity index (χ2n) is 7.24. The maximum absolute atomic E-state index is 12.4. The fourth-order valence-electron chi connectivity index (χ4n) is 3.60. The summed E-state index contributed by atoms with van der Waals surface area (Å²) in [4.78, 5) is 13.6. The number of aryl methyl sites for hydroxylation is 1. The minimum Gasteiger partial charge on any atom is -0.465 e. The van der Waals surface area contributed by atoms with Gasteiger partial charge in [-0.1, -0.05) is 29.3 Å². The van der Waals surface area contributed by atoms with Gasteiger partial charge < -0.3 is 15.4 Å². The molecule has 2 aromatic heterocycles. The Morgan fingerprint density at radius 2 is 2.09 bits per heavy atom. The van der Waals surface area contributed by atoms with Gasteiger partial charge in [-0.2, -0.15) is 5.10 Å². The number of aromatic nitrogens is 2. The predicted molar refractivity (Wildman–Crippen MR) is 138 cm³/mol. The molecule has 0 radical (unpaired) electrons. The van der Waals surface area contributed by atoms with Crippen LogP contribution in [0.3, 0.4) is 0 Å². The fraction of sp³-hybridized carbons (Fsp3) is 0.286. The molecule has 11 heteroatoms. The highest BCUT2D eigenvalue weighted by atomic mass is 79.9. The van der Waals surface area contributed by atoms with Crippen LogP contribution < -0.4 is 10.6 Å². The van der Waals surface area contributed by atoms with Crippen LogP contribution in [0.2, 0.25) is 10.0 Å². The molecule has 2 heterocycles. The molecule has 6 nitrogen and oxygen atoms in total. The number of nitrogens with one attached hydrogen (secondary N) is 2. The van der Waals surface area contributed by atoms with E-state index in [1.54, 1.807) is 28.2 Å². The molecule has 2 N–H and O–H groups in total. The largest absolute Gasteiger partial charge is 0.465 e. The van der Waals surface area contributed by atoms with Gasteiger partial charge in [0.2, 0.25) is 0 Å². The van der Waals surface area contributed by atoms with E-state index < -0.39 is 0 Å². The van der Waals surface area contributed by atoms with Crippen LogP contribution in [-0.2, 0) is 24.1 Å². The van der Waals surface area contributed by atoms with Crippen molar-refractivity contribution in [1.82, 2.24) is 9.78 Å². The van der Waals surface area contributed by atoms with Crippen LogP contribution >= 0.6 is 62.7 Å². The summed E-state index contributed by atoms with van der Waals surface area (Å²) in [6, 6.07) is 5.36. The van der Waals surface area contributed by atoms with Crippen LogP contribution in [-0.4, -0.2) is 28.0 Å². The Morgan fingerprint density at radius 1 is 1.31 bits per heavy atom. The Morgan fingerprint density at radius 3 is 2.84 bits per heavy atom. The molecule has 3 aromatic rings. The van der Waals surface area contributed by atoms with E-state index in [1.807, 2.05) is 12.3 Å². The fourth-order valence-corrected chi connectivity index (χ4v) is 6.03. The molecule has 0 atom stereocenters. The summed E-state index contributed by atoms with van der Waals surface area (Å²) < 4.78 is 7.50. The van der Waals surface area contributed by atoms with E-state index in [0.29, 0.717) is 38.1 Å². The Hall–Kier alpha value is -1.65. The number of esters is 1. The van der Waals surface area contributed by atoms with E-state index in [4.69, 9.17) is 40.2 Å². The number of nitrogens with zero attached hydrogens (tertiary/aromatic N) is 2. The van der Waals surface area contributed by atoms with Crippen molar-refractivity contribution < 1.29 is 9.53 Å². The lowest BCUT2D eigenvalue weighted by Crippen LogP contribution is -2.21. The topological polar surface area (TPSA) is 68.2 Å². The first-order chi connectivity index (χ1) is 15.4. The first-order valence-corrected chi connectivity index (χ1v) is 12.6. The number of fused-ring (bicyclic) bond motifs is 1. The minimum absolute atomic E-state index is 0.337. The summed E-state index contributed by atoms with van der Waals surface area (Å²) >= 11 is 22.8. The summed E-state index contributed by atoms with van der Waals surface area (Å²) in [5.41, 5.74) is 2.55. The Kier molecular flexibility index (Phi) is 7.41. The molecule has 0 unspecified atom stereocenters. The molecule has 32 heavy (non-hydrogen) atoms. The number of anilines is 2.